The van der Waals surface area contributed by atoms with Gasteiger partial charge < -0.3 is 19.5 Å². The zero-order valence-corrected chi connectivity index (χ0v) is 11.7. The van der Waals surface area contributed by atoms with Crippen LogP contribution in [0.1, 0.15) is 24.9 Å². The van der Waals surface area contributed by atoms with Crippen molar-refractivity contribution in [1.82, 2.24) is 5.32 Å². The van der Waals surface area contributed by atoms with Crippen LogP contribution in [-0.4, -0.2) is 39.6 Å². The highest BCUT2D eigenvalue weighted by Gasteiger charge is 2.16. The second-order valence-electron chi connectivity index (χ2n) is 4.71. The van der Waals surface area contributed by atoms with Crippen molar-refractivity contribution in [3.63, 3.8) is 0 Å². The summed E-state index contributed by atoms with van der Waals surface area (Å²) in [6.07, 6.45) is 1.21. The molecule has 0 radical (unpaired) electrons. The molecule has 2 rings (SSSR count). The fourth-order valence-corrected chi connectivity index (χ4v) is 2.26. The molecular weight excluding hydrogens is 242 g/mol. The van der Waals surface area contributed by atoms with E-state index in [2.05, 4.69) is 24.4 Å². The standard InChI is InChI=1S/C15H23NO3/c1-3-15(12-4-6-13(17-2)7-5-12)16-10-14-11-18-8-9-19-14/h4-7,14-16H,3,8-11H2,1-2H3. The minimum Gasteiger partial charge on any atom is -0.497 e. The quantitative estimate of drug-likeness (QED) is 0.855. The first kappa shape index (κ1) is 14.3. The highest BCUT2D eigenvalue weighted by Crippen LogP contribution is 2.20. The van der Waals surface area contributed by atoms with Crippen LogP contribution in [0.3, 0.4) is 0 Å². The smallest absolute Gasteiger partial charge is 0.118 e. The molecule has 1 N–H and O–H groups in total. The Balaban J connectivity index is 1.87. The Kier molecular flexibility index (Phi) is 5.63. The molecule has 0 aliphatic carbocycles. The maximum absolute atomic E-state index is 5.64. The molecule has 1 heterocycles. The van der Waals surface area contributed by atoms with E-state index in [9.17, 15) is 0 Å². The molecule has 1 aliphatic rings. The molecule has 19 heavy (non-hydrogen) atoms. The van der Waals surface area contributed by atoms with Crippen LogP contribution in [0.4, 0.5) is 0 Å². The second kappa shape index (κ2) is 7.48. The average molecular weight is 265 g/mol. The number of hydrogen-bond donors (Lipinski definition) is 1. The van der Waals surface area contributed by atoms with Crippen LogP contribution in [0.25, 0.3) is 0 Å². The van der Waals surface area contributed by atoms with Crippen molar-refractivity contribution in [2.75, 3.05) is 33.5 Å². The summed E-state index contributed by atoms with van der Waals surface area (Å²) in [6.45, 7) is 5.11. The predicted octanol–water partition coefficient (Wildman–Crippen LogP) is 2.15. The maximum Gasteiger partial charge on any atom is 0.118 e. The van der Waals surface area contributed by atoms with Gasteiger partial charge in [0.25, 0.3) is 0 Å². The third-order valence-corrected chi connectivity index (χ3v) is 3.40. The normalized spacial score (nSPS) is 21.1. The number of nitrogens with one attached hydrogen (secondary N) is 1. The Morgan fingerprint density at radius 3 is 2.68 bits per heavy atom. The van der Waals surface area contributed by atoms with E-state index in [0.29, 0.717) is 25.9 Å². The van der Waals surface area contributed by atoms with E-state index in [1.165, 1.54) is 5.56 Å². The van der Waals surface area contributed by atoms with E-state index in [4.69, 9.17) is 14.2 Å². The zero-order valence-electron chi connectivity index (χ0n) is 11.7. The Labute approximate surface area is 115 Å². The van der Waals surface area contributed by atoms with Crippen molar-refractivity contribution in [2.24, 2.45) is 0 Å². The Morgan fingerprint density at radius 2 is 2.11 bits per heavy atom. The molecule has 0 aromatic heterocycles. The van der Waals surface area contributed by atoms with Crippen LogP contribution in [-0.2, 0) is 9.47 Å². The summed E-state index contributed by atoms with van der Waals surface area (Å²) in [7, 11) is 1.69. The van der Waals surface area contributed by atoms with Gasteiger partial charge in [-0.3, -0.25) is 0 Å². The second-order valence-corrected chi connectivity index (χ2v) is 4.71. The van der Waals surface area contributed by atoms with Crippen LogP contribution in [0.2, 0.25) is 0 Å². The number of hydrogen-bond acceptors (Lipinski definition) is 4. The first-order chi connectivity index (χ1) is 9.33. The van der Waals surface area contributed by atoms with Crippen LogP contribution in [0, 0.1) is 0 Å². The molecule has 1 aromatic rings. The molecule has 0 bridgehead atoms. The summed E-state index contributed by atoms with van der Waals surface area (Å²) in [5, 5.41) is 3.55. The fourth-order valence-electron chi connectivity index (χ4n) is 2.26. The average Bonchev–Trinajstić information content (AvgIpc) is 2.49. The molecule has 4 nitrogen and oxygen atoms in total. The molecule has 4 heteroatoms. The van der Waals surface area contributed by atoms with Crippen LogP contribution < -0.4 is 10.1 Å². The van der Waals surface area contributed by atoms with Gasteiger partial charge in [-0.05, 0) is 24.1 Å². The molecule has 1 saturated heterocycles. The predicted molar refractivity (Wildman–Crippen MR) is 74.6 cm³/mol. The van der Waals surface area contributed by atoms with Gasteiger partial charge >= 0.3 is 0 Å². The molecule has 1 aromatic carbocycles. The fraction of sp³-hybridized carbons (Fsp3) is 0.600. The van der Waals surface area contributed by atoms with Gasteiger partial charge in [0.2, 0.25) is 0 Å². The van der Waals surface area contributed by atoms with E-state index in [1.807, 2.05) is 12.1 Å². The van der Waals surface area contributed by atoms with Crippen molar-refractivity contribution in [2.45, 2.75) is 25.5 Å². The van der Waals surface area contributed by atoms with Gasteiger partial charge in [-0.2, -0.15) is 0 Å². The summed E-state index contributed by atoms with van der Waals surface area (Å²) in [6, 6.07) is 8.56. The third kappa shape index (κ3) is 4.20. The Hall–Kier alpha value is -1.10. The molecular formula is C15H23NO3. The van der Waals surface area contributed by atoms with Crippen LogP contribution in [0.15, 0.2) is 24.3 Å². The molecule has 2 atom stereocenters. The SMILES string of the molecule is CCC(NCC1COCCO1)c1ccc(OC)cc1. The van der Waals surface area contributed by atoms with Gasteiger partial charge in [0, 0.05) is 12.6 Å². The van der Waals surface area contributed by atoms with E-state index >= 15 is 0 Å². The first-order valence-electron chi connectivity index (χ1n) is 6.90. The third-order valence-electron chi connectivity index (χ3n) is 3.40. The lowest BCUT2D eigenvalue weighted by Crippen LogP contribution is -2.38. The summed E-state index contributed by atoms with van der Waals surface area (Å²) < 4.78 is 16.2. The lowest BCUT2D eigenvalue weighted by atomic mass is 10.0. The van der Waals surface area contributed by atoms with Crippen molar-refractivity contribution in [1.29, 1.82) is 0 Å². The largest absolute Gasteiger partial charge is 0.497 e. The monoisotopic (exact) mass is 265 g/mol. The van der Waals surface area contributed by atoms with Gasteiger partial charge in [0.1, 0.15) is 5.75 Å². The lowest BCUT2D eigenvalue weighted by Gasteiger charge is -2.26. The minimum atomic E-state index is 0.168. The zero-order chi connectivity index (χ0) is 13.5. The number of methoxy groups -OCH3 is 1. The van der Waals surface area contributed by atoms with E-state index in [-0.39, 0.29) is 6.10 Å². The molecule has 106 valence electrons. The highest BCUT2D eigenvalue weighted by atomic mass is 16.6. The van der Waals surface area contributed by atoms with Gasteiger partial charge in [-0.1, -0.05) is 19.1 Å². The Bertz CT molecular complexity index is 360. The van der Waals surface area contributed by atoms with Crippen molar-refractivity contribution in [3.8, 4) is 5.75 Å². The molecule has 0 spiro atoms. The highest BCUT2D eigenvalue weighted by molar-refractivity contribution is 5.29. The topological polar surface area (TPSA) is 39.7 Å². The molecule has 1 fully saturated rings. The first-order valence-corrected chi connectivity index (χ1v) is 6.90. The summed E-state index contributed by atoms with van der Waals surface area (Å²) >= 11 is 0. The van der Waals surface area contributed by atoms with Crippen molar-refractivity contribution in [3.05, 3.63) is 29.8 Å². The molecule has 0 amide bonds. The van der Waals surface area contributed by atoms with Gasteiger partial charge in [0.15, 0.2) is 0 Å². The van der Waals surface area contributed by atoms with Gasteiger partial charge in [0.05, 0.1) is 33.0 Å². The van der Waals surface area contributed by atoms with Crippen molar-refractivity contribution < 1.29 is 14.2 Å². The lowest BCUT2D eigenvalue weighted by molar-refractivity contribution is -0.0871. The minimum absolute atomic E-state index is 0.168. The number of benzene rings is 1. The van der Waals surface area contributed by atoms with Gasteiger partial charge in [-0.15, -0.1) is 0 Å². The Morgan fingerprint density at radius 1 is 1.32 bits per heavy atom. The van der Waals surface area contributed by atoms with E-state index in [1.54, 1.807) is 7.11 Å². The van der Waals surface area contributed by atoms with Gasteiger partial charge in [-0.25, -0.2) is 0 Å². The molecule has 2 unspecified atom stereocenters. The summed E-state index contributed by atoms with van der Waals surface area (Å²) in [5.41, 5.74) is 1.28. The molecule has 1 aliphatic heterocycles. The maximum atomic E-state index is 5.64. The summed E-state index contributed by atoms with van der Waals surface area (Å²) in [5.74, 6) is 0.891. The molecule has 0 saturated carbocycles. The van der Waals surface area contributed by atoms with E-state index < -0.39 is 0 Å². The van der Waals surface area contributed by atoms with Crippen LogP contribution in [0.5, 0.6) is 5.75 Å². The van der Waals surface area contributed by atoms with Crippen LogP contribution >= 0.6 is 0 Å². The van der Waals surface area contributed by atoms with E-state index in [0.717, 1.165) is 18.7 Å². The summed E-state index contributed by atoms with van der Waals surface area (Å²) in [4.78, 5) is 0. The number of rotatable bonds is 6. The van der Waals surface area contributed by atoms with Crippen molar-refractivity contribution >= 4 is 0 Å². The number of ether oxygens (including phenoxy) is 3.